The van der Waals surface area contributed by atoms with Gasteiger partial charge in [-0.05, 0) is 24.1 Å². The van der Waals surface area contributed by atoms with E-state index in [1.807, 2.05) is 6.92 Å². The fourth-order valence-corrected chi connectivity index (χ4v) is 2.64. The first-order valence-corrected chi connectivity index (χ1v) is 7.64. The zero-order chi connectivity index (χ0) is 17.4. The monoisotopic (exact) mass is 352 g/mol. The molecule has 0 saturated carbocycles. The number of rotatable bonds is 4. The van der Waals surface area contributed by atoms with Crippen LogP contribution in [-0.2, 0) is 16.5 Å². The highest BCUT2D eigenvalue weighted by atomic mass is 32.2. The number of halogens is 5. The van der Waals surface area contributed by atoms with Crippen molar-refractivity contribution in [3.8, 4) is 5.75 Å². The van der Waals surface area contributed by atoms with Crippen molar-refractivity contribution in [2.75, 3.05) is 0 Å². The molecule has 0 aliphatic heterocycles. The van der Waals surface area contributed by atoms with Crippen LogP contribution in [0.1, 0.15) is 12.5 Å². The Balaban J connectivity index is 2.49. The van der Waals surface area contributed by atoms with Gasteiger partial charge in [-0.25, -0.2) is 13.2 Å². The summed E-state index contributed by atoms with van der Waals surface area (Å²) in [4.78, 5) is -0.487. The van der Waals surface area contributed by atoms with Gasteiger partial charge in [0, 0.05) is 0 Å². The Bertz CT molecular complexity index is 819. The van der Waals surface area contributed by atoms with E-state index in [1.165, 1.54) is 12.1 Å². The summed E-state index contributed by atoms with van der Waals surface area (Å²) in [5.41, 5.74) is 0.778. The molecule has 0 aliphatic rings. The Kier molecular flexibility index (Phi) is 4.60. The van der Waals surface area contributed by atoms with E-state index in [1.54, 1.807) is 0 Å². The number of aryl methyl sites for hydroxylation is 1. The first kappa shape index (κ1) is 17.2. The summed E-state index contributed by atoms with van der Waals surface area (Å²) in [7, 11) is -4.77. The molecular weight excluding hydrogens is 343 g/mol. The maximum absolute atomic E-state index is 13.5. The van der Waals surface area contributed by atoms with Crippen LogP contribution in [0, 0.1) is 29.1 Å². The molecule has 2 aromatic carbocycles. The van der Waals surface area contributed by atoms with Gasteiger partial charge in [0.15, 0.2) is 0 Å². The van der Waals surface area contributed by atoms with Crippen molar-refractivity contribution in [1.29, 1.82) is 0 Å². The van der Waals surface area contributed by atoms with E-state index >= 15 is 0 Å². The zero-order valence-electron chi connectivity index (χ0n) is 11.5. The van der Waals surface area contributed by atoms with Gasteiger partial charge in [-0.2, -0.15) is 17.2 Å². The van der Waals surface area contributed by atoms with Crippen molar-refractivity contribution >= 4 is 10.1 Å². The van der Waals surface area contributed by atoms with Crippen LogP contribution in [0.15, 0.2) is 29.2 Å². The van der Waals surface area contributed by atoms with E-state index in [0.717, 1.165) is 17.7 Å². The molecule has 0 amide bonds. The summed E-state index contributed by atoms with van der Waals surface area (Å²) in [5.74, 6) is -13.6. The molecule has 0 N–H and O–H groups in total. The molecule has 124 valence electrons. The summed E-state index contributed by atoms with van der Waals surface area (Å²) in [6.07, 6.45) is 0.610. The molecule has 0 spiro atoms. The molecule has 0 radical (unpaired) electrons. The maximum Gasteiger partial charge on any atom is 0.339 e. The fraction of sp³-hybridized carbons (Fsp3) is 0.143. The van der Waals surface area contributed by atoms with Crippen molar-refractivity contribution in [2.45, 2.75) is 18.2 Å². The van der Waals surface area contributed by atoms with Gasteiger partial charge < -0.3 is 4.18 Å². The molecule has 0 atom stereocenters. The lowest BCUT2D eigenvalue weighted by atomic mass is 10.2. The smallest absolute Gasteiger partial charge is 0.339 e. The molecular formula is C14H9F5O3S. The molecule has 0 unspecified atom stereocenters. The van der Waals surface area contributed by atoms with Crippen LogP contribution in [0.3, 0.4) is 0 Å². The van der Waals surface area contributed by atoms with Crippen molar-refractivity contribution in [1.82, 2.24) is 0 Å². The Labute approximate surface area is 128 Å². The van der Waals surface area contributed by atoms with Crippen LogP contribution in [0.2, 0.25) is 0 Å². The first-order chi connectivity index (χ1) is 10.7. The molecule has 0 fully saturated rings. The Morgan fingerprint density at radius 2 is 1.26 bits per heavy atom. The van der Waals surface area contributed by atoms with Crippen LogP contribution < -0.4 is 4.18 Å². The molecule has 0 aromatic heterocycles. The van der Waals surface area contributed by atoms with Gasteiger partial charge in [0.1, 0.15) is 4.90 Å². The maximum atomic E-state index is 13.5. The van der Waals surface area contributed by atoms with Crippen LogP contribution in [0.25, 0.3) is 0 Å². The van der Waals surface area contributed by atoms with Crippen LogP contribution in [-0.4, -0.2) is 8.42 Å². The average molecular weight is 352 g/mol. The normalized spacial score (nSPS) is 11.6. The second-order valence-electron chi connectivity index (χ2n) is 4.43. The van der Waals surface area contributed by atoms with Gasteiger partial charge in [-0.15, -0.1) is 0 Å². The zero-order valence-corrected chi connectivity index (χ0v) is 12.4. The topological polar surface area (TPSA) is 43.4 Å². The van der Waals surface area contributed by atoms with Gasteiger partial charge >= 0.3 is 10.1 Å². The third-order valence-corrected chi connectivity index (χ3v) is 4.22. The lowest BCUT2D eigenvalue weighted by Crippen LogP contribution is -2.14. The molecule has 2 aromatic rings. The fourth-order valence-electron chi connectivity index (χ4n) is 1.71. The van der Waals surface area contributed by atoms with Crippen molar-refractivity contribution in [3.63, 3.8) is 0 Å². The van der Waals surface area contributed by atoms with E-state index in [2.05, 4.69) is 4.18 Å². The van der Waals surface area contributed by atoms with Gasteiger partial charge in [0.25, 0.3) is 0 Å². The standard InChI is InChI=1S/C14H9F5O3S/c1-2-7-3-5-8(6-4-7)23(20,21)22-14-12(18)10(16)9(15)11(17)13(14)19/h3-6H,2H2,1H3. The Morgan fingerprint density at radius 3 is 1.70 bits per heavy atom. The van der Waals surface area contributed by atoms with Crippen molar-refractivity contribution in [2.24, 2.45) is 0 Å². The summed E-state index contributed by atoms with van der Waals surface area (Å²) in [6.45, 7) is 1.81. The highest BCUT2D eigenvalue weighted by Gasteiger charge is 2.30. The van der Waals surface area contributed by atoms with E-state index in [0.29, 0.717) is 6.42 Å². The first-order valence-electron chi connectivity index (χ1n) is 6.24. The lowest BCUT2D eigenvalue weighted by molar-refractivity contribution is 0.346. The predicted molar refractivity (Wildman–Crippen MR) is 69.9 cm³/mol. The molecule has 9 heteroatoms. The lowest BCUT2D eigenvalue weighted by Gasteiger charge is -2.10. The molecule has 0 heterocycles. The van der Waals surface area contributed by atoms with Crippen LogP contribution in [0.4, 0.5) is 22.0 Å². The largest absolute Gasteiger partial charge is 0.372 e. The second-order valence-corrected chi connectivity index (χ2v) is 5.98. The molecule has 3 nitrogen and oxygen atoms in total. The third-order valence-electron chi connectivity index (χ3n) is 2.98. The summed E-state index contributed by atoms with van der Waals surface area (Å²) >= 11 is 0. The highest BCUT2D eigenvalue weighted by molar-refractivity contribution is 7.87. The van der Waals surface area contributed by atoms with Gasteiger partial charge in [-0.3, -0.25) is 0 Å². The molecule has 0 aliphatic carbocycles. The molecule has 0 saturated heterocycles. The third kappa shape index (κ3) is 3.14. The minimum atomic E-state index is -4.77. The summed E-state index contributed by atoms with van der Waals surface area (Å²) in [5, 5.41) is 0. The quantitative estimate of drug-likeness (QED) is 0.365. The van der Waals surface area contributed by atoms with Crippen LogP contribution >= 0.6 is 0 Å². The van der Waals surface area contributed by atoms with Gasteiger partial charge in [0.05, 0.1) is 0 Å². The second kappa shape index (κ2) is 6.15. The van der Waals surface area contributed by atoms with E-state index in [-0.39, 0.29) is 0 Å². The minimum absolute atomic E-state index is 0.487. The molecule has 23 heavy (non-hydrogen) atoms. The Morgan fingerprint density at radius 1 is 0.826 bits per heavy atom. The molecule has 0 bridgehead atoms. The van der Waals surface area contributed by atoms with Gasteiger partial charge in [0.2, 0.25) is 34.8 Å². The summed E-state index contributed by atoms with van der Waals surface area (Å²) < 4.78 is 93.9. The van der Waals surface area contributed by atoms with E-state index < -0.39 is 49.8 Å². The Hall–Kier alpha value is -2.16. The van der Waals surface area contributed by atoms with E-state index in [4.69, 9.17) is 0 Å². The molecule has 2 rings (SSSR count). The van der Waals surface area contributed by atoms with Gasteiger partial charge in [-0.1, -0.05) is 19.1 Å². The summed E-state index contributed by atoms with van der Waals surface area (Å²) in [6, 6.07) is 5.05. The van der Waals surface area contributed by atoms with Crippen LogP contribution in [0.5, 0.6) is 5.75 Å². The predicted octanol–water partition coefficient (Wildman–Crippen LogP) is 3.71. The average Bonchev–Trinajstić information content (AvgIpc) is 2.55. The van der Waals surface area contributed by atoms with Crippen molar-refractivity contribution in [3.05, 3.63) is 58.9 Å². The number of benzene rings is 2. The van der Waals surface area contributed by atoms with Crippen molar-refractivity contribution < 1.29 is 34.6 Å². The minimum Gasteiger partial charge on any atom is -0.372 e. The highest BCUT2D eigenvalue weighted by Crippen LogP contribution is 2.31. The number of hydrogen-bond donors (Lipinski definition) is 0. The number of hydrogen-bond acceptors (Lipinski definition) is 3. The van der Waals surface area contributed by atoms with E-state index in [9.17, 15) is 30.4 Å². The SMILES string of the molecule is CCc1ccc(S(=O)(=O)Oc2c(F)c(F)c(F)c(F)c2F)cc1.